The first-order valence-corrected chi connectivity index (χ1v) is 11.8. The third-order valence-electron chi connectivity index (χ3n) is 4.73. The van der Waals surface area contributed by atoms with Crippen LogP contribution in [0.15, 0.2) is 58.3 Å². The number of benzene rings is 2. The molecule has 0 radical (unpaired) electrons. The van der Waals surface area contributed by atoms with Crippen LogP contribution in [-0.2, 0) is 10.0 Å². The van der Waals surface area contributed by atoms with E-state index in [1.54, 1.807) is 60.3 Å². The van der Waals surface area contributed by atoms with E-state index in [2.05, 4.69) is 10.0 Å². The van der Waals surface area contributed by atoms with Crippen LogP contribution in [0.2, 0.25) is 0 Å². The number of rotatable bonds is 6. The maximum atomic E-state index is 12.7. The summed E-state index contributed by atoms with van der Waals surface area (Å²) < 4.78 is 28.0. The SMILES string of the molecule is CSc1ccc(S(=O)(=O)Nc2ccccc2C(=O)NC2CCCCC2)cc1. The summed E-state index contributed by atoms with van der Waals surface area (Å²) in [4.78, 5) is 13.8. The maximum absolute atomic E-state index is 12.7. The molecule has 144 valence electrons. The molecule has 0 saturated heterocycles. The lowest BCUT2D eigenvalue weighted by Crippen LogP contribution is -2.36. The van der Waals surface area contributed by atoms with Gasteiger partial charge in [-0.2, -0.15) is 0 Å². The van der Waals surface area contributed by atoms with Gasteiger partial charge in [0.15, 0.2) is 0 Å². The molecule has 2 N–H and O–H groups in total. The Balaban J connectivity index is 1.79. The molecule has 0 heterocycles. The maximum Gasteiger partial charge on any atom is 0.261 e. The molecule has 1 aliphatic rings. The zero-order chi connectivity index (χ0) is 19.3. The topological polar surface area (TPSA) is 75.3 Å². The Morgan fingerprint density at radius 2 is 1.67 bits per heavy atom. The van der Waals surface area contributed by atoms with Crippen LogP contribution >= 0.6 is 11.8 Å². The van der Waals surface area contributed by atoms with Gasteiger partial charge in [0.05, 0.1) is 16.1 Å². The van der Waals surface area contributed by atoms with Crippen molar-refractivity contribution in [2.24, 2.45) is 0 Å². The lowest BCUT2D eigenvalue weighted by Gasteiger charge is -2.23. The summed E-state index contributed by atoms with van der Waals surface area (Å²) >= 11 is 1.55. The highest BCUT2D eigenvalue weighted by Gasteiger charge is 2.21. The van der Waals surface area contributed by atoms with Gasteiger partial charge >= 0.3 is 0 Å². The van der Waals surface area contributed by atoms with Crippen LogP contribution in [0.1, 0.15) is 42.5 Å². The summed E-state index contributed by atoms with van der Waals surface area (Å²) in [5.41, 5.74) is 0.632. The van der Waals surface area contributed by atoms with Gasteiger partial charge in [-0.15, -0.1) is 11.8 Å². The van der Waals surface area contributed by atoms with E-state index in [9.17, 15) is 13.2 Å². The predicted octanol–water partition coefficient (Wildman–Crippen LogP) is 4.27. The fraction of sp³-hybridized carbons (Fsp3) is 0.350. The van der Waals surface area contributed by atoms with Crippen LogP contribution in [0.4, 0.5) is 5.69 Å². The van der Waals surface area contributed by atoms with E-state index < -0.39 is 10.0 Å². The van der Waals surface area contributed by atoms with Gasteiger partial charge in [0.2, 0.25) is 0 Å². The van der Waals surface area contributed by atoms with E-state index in [-0.39, 0.29) is 16.8 Å². The lowest BCUT2D eigenvalue weighted by atomic mass is 9.95. The van der Waals surface area contributed by atoms with Gasteiger partial charge in [-0.05, 0) is 55.5 Å². The van der Waals surface area contributed by atoms with Crippen LogP contribution in [0, 0.1) is 0 Å². The molecule has 3 rings (SSSR count). The monoisotopic (exact) mass is 404 g/mol. The Morgan fingerprint density at radius 1 is 1.00 bits per heavy atom. The number of hydrogen-bond donors (Lipinski definition) is 2. The first-order valence-electron chi connectivity index (χ1n) is 9.06. The van der Waals surface area contributed by atoms with Gasteiger partial charge in [0.1, 0.15) is 0 Å². The highest BCUT2D eigenvalue weighted by molar-refractivity contribution is 7.98. The number of carbonyl (C=O) groups excluding carboxylic acids is 1. The van der Waals surface area contributed by atoms with Crippen molar-refractivity contribution in [1.29, 1.82) is 0 Å². The Hall–Kier alpha value is -1.99. The van der Waals surface area contributed by atoms with Crippen molar-refractivity contribution >= 4 is 33.4 Å². The third kappa shape index (κ3) is 5.05. The Labute approximate surface area is 165 Å². The number of sulfonamides is 1. The first-order chi connectivity index (χ1) is 13.0. The second-order valence-electron chi connectivity index (χ2n) is 6.64. The van der Waals surface area contributed by atoms with E-state index in [0.29, 0.717) is 11.3 Å². The van der Waals surface area contributed by atoms with Gasteiger partial charge in [-0.1, -0.05) is 31.4 Å². The zero-order valence-electron chi connectivity index (χ0n) is 15.3. The summed E-state index contributed by atoms with van der Waals surface area (Å²) in [5.74, 6) is -0.238. The summed E-state index contributed by atoms with van der Waals surface area (Å²) in [6, 6.07) is 13.5. The summed E-state index contributed by atoms with van der Waals surface area (Å²) in [7, 11) is -3.77. The van der Waals surface area contributed by atoms with Crippen LogP contribution in [-0.4, -0.2) is 26.6 Å². The predicted molar refractivity (Wildman–Crippen MR) is 110 cm³/mol. The van der Waals surface area contributed by atoms with E-state index in [1.165, 1.54) is 6.42 Å². The molecule has 1 amide bonds. The normalized spacial score (nSPS) is 15.3. The number of carbonyl (C=O) groups is 1. The number of para-hydroxylation sites is 1. The molecule has 2 aromatic rings. The van der Waals surface area contributed by atoms with Crippen molar-refractivity contribution in [3.8, 4) is 0 Å². The molecule has 0 aromatic heterocycles. The van der Waals surface area contributed by atoms with Crippen molar-refractivity contribution < 1.29 is 13.2 Å². The average molecular weight is 405 g/mol. The molecule has 1 fully saturated rings. The van der Waals surface area contributed by atoms with Crippen molar-refractivity contribution in [3.63, 3.8) is 0 Å². The van der Waals surface area contributed by atoms with Gasteiger partial charge < -0.3 is 5.32 Å². The van der Waals surface area contributed by atoms with Crippen molar-refractivity contribution in [2.75, 3.05) is 11.0 Å². The Bertz CT molecular complexity index is 890. The number of amides is 1. The minimum absolute atomic E-state index is 0.162. The molecule has 5 nitrogen and oxygen atoms in total. The fourth-order valence-corrected chi connectivity index (χ4v) is 4.73. The standard InChI is InChI=1S/C20H24N2O3S2/c1-26-16-11-13-17(14-12-16)27(24,25)22-19-10-6-5-9-18(19)20(23)21-15-7-3-2-4-8-15/h5-6,9-15,22H,2-4,7-8H2,1H3,(H,21,23). The number of hydrogen-bond acceptors (Lipinski definition) is 4. The Morgan fingerprint density at radius 3 is 2.33 bits per heavy atom. The molecular weight excluding hydrogens is 380 g/mol. The fourth-order valence-electron chi connectivity index (χ4n) is 3.24. The molecule has 0 spiro atoms. The first kappa shape index (κ1) is 19.8. The second kappa shape index (κ2) is 8.80. The zero-order valence-corrected chi connectivity index (χ0v) is 16.9. The summed E-state index contributed by atoms with van der Waals surface area (Å²) in [5, 5.41) is 3.04. The molecular formula is C20H24N2O3S2. The largest absolute Gasteiger partial charge is 0.349 e. The minimum Gasteiger partial charge on any atom is -0.349 e. The molecule has 0 aliphatic heterocycles. The average Bonchev–Trinajstić information content (AvgIpc) is 2.69. The Kier molecular flexibility index (Phi) is 6.44. The van der Waals surface area contributed by atoms with Crippen LogP contribution in [0.25, 0.3) is 0 Å². The molecule has 0 bridgehead atoms. The number of thioether (sulfide) groups is 1. The second-order valence-corrected chi connectivity index (χ2v) is 9.20. The summed E-state index contributed by atoms with van der Waals surface area (Å²) in [6.07, 6.45) is 7.32. The van der Waals surface area contributed by atoms with Gasteiger partial charge in [0.25, 0.3) is 15.9 Å². The molecule has 1 saturated carbocycles. The lowest BCUT2D eigenvalue weighted by molar-refractivity contribution is 0.0928. The van der Waals surface area contributed by atoms with E-state index in [4.69, 9.17) is 0 Å². The molecule has 27 heavy (non-hydrogen) atoms. The van der Waals surface area contributed by atoms with Crippen LogP contribution < -0.4 is 10.0 Å². The van der Waals surface area contributed by atoms with E-state index in [1.807, 2.05) is 6.26 Å². The third-order valence-corrected chi connectivity index (χ3v) is 6.85. The smallest absolute Gasteiger partial charge is 0.261 e. The number of anilines is 1. The van der Waals surface area contributed by atoms with Gasteiger partial charge in [-0.3, -0.25) is 9.52 Å². The summed E-state index contributed by atoms with van der Waals surface area (Å²) in [6.45, 7) is 0. The van der Waals surface area contributed by atoms with Crippen LogP contribution in [0.3, 0.4) is 0 Å². The van der Waals surface area contributed by atoms with E-state index >= 15 is 0 Å². The molecule has 0 atom stereocenters. The van der Waals surface area contributed by atoms with Crippen molar-refractivity contribution in [1.82, 2.24) is 5.32 Å². The highest BCUT2D eigenvalue weighted by Crippen LogP contribution is 2.23. The number of nitrogens with one attached hydrogen (secondary N) is 2. The molecule has 0 unspecified atom stereocenters. The minimum atomic E-state index is -3.77. The quantitative estimate of drug-likeness (QED) is 0.705. The van der Waals surface area contributed by atoms with Gasteiger partial charge in [0, 0.05) is 10.9 Å². The van der Waals surface area contributed by atoms with Gasteiger partial charge in [-0.25, -0.2) is 8.42 Å². The molecule has 1 aliphatic carbocycles. The van der Waals surface area contributed by atoms with Crippen molar-refractivity contribution in [3.05, 3.63) is 54.1 Å². The highest BCUT2D eigenvalue weighted by atomic mass is 32.2. The van der Waals surface area contributed by atoms with Crippen LogP contribution in [0.5, 0.6) is 0 Å². The molecule has 2 aromatic carbocycles. The molecule has 7 heteroatoms. The van der Waals surface area contributed by atoms with E-state index in [0.717, 1.165) is 30.6 Å². The van der Waals surface area contributed by atoms with Crippen molar-refractivity contribution in [2.45, 2.75) is 47.9 Å².